The summed E-state index contributed by atoms with van der Waals surface area (Å²) in [6.45, 7) is 8.64. The van der Waals surface area contributed by atoms with Crippen LogP contribution in [-0.2, 0) is 17.8 Å². The summed E-state index contributed by atoms with van der Waals surface area (Å²) < 4.78 is 0. The average Bonchev–Trinajstić information content (AvgIpc) is 2.92. The maximum Gasteiger partial charge on any atom is 0.222 e. The molecule has 0 radical (unpaired) electrons. The Labute approximate surface area is 148 Å². The zero-order valence-corrected chi connectivity index (χ0v) is 15.3. The van der Waals surface area contributed by atoms with Crippen LogP contribution >= 0.6 is 11.3 Å². The number of hydrogen-bond acceptors (Lipinski definition) is 4. The minimum atomic E-state index is 0.277. The third-order valence-corrected chi connectivity index (χ3v) is 5.68. The highest BCUT2D eigenvalue weighted by Crippen LogP contribution is 2.19. The van der Waals surface area contributed by atoms with E-state index in [2.05, 4.69) is 35.9 Å². The molecule has 0 atom stereocenters. The maximum absolute atomic E-state index is 12.4. The van der Waals surface area contributed by atoms with E-state index in [1.54, 1.807) is 11.3 Å². The number of benzene rings is 1. The van der Waals surface area contributed by atoms with E-state index in [0.29, 0.717) is 6.42 Å². The first-order chi connectivity index (χ1) is 11.6. The number of aryl methyl sites for hydroxylation is 3. The van der Waals surface area contributed by atoms with Crippen LogP contribution in [-0.4, -0.2) is 46.9 Å². The average molecular weight is 343 g/mol. The Bertz CT molecular complexity index is 656. The molecule has 5 heteroatoms. The second kappa shape index (κ2) is 7.90. The Morgan fingerprint density at radius 3 is 2.46 bits per heavy atom. The normalized spacial score (nSPS) is 15.7. The molecule has 0 unspecified atom stereocenters. The molecule has 2 heterocycles. The number of carbonyl (C=O) groups is 1. The molecule has 0 aliphatic carbocycles. The van der Waals surface area contributed by atoms with Crippen LogP contribution in [0.1, 0.15) is 27.6 Å². The SMILES string of the molecule is Cc1nc(CN2CCN(C(=O)CCc3ccccc3)CC2)sc1C. The zero-order chi connectivity index (χ0) is 16.9. The van der Waals surface area contributed by atoms with E-state index >= 15 is 0 Å². The van der Waals surface area contributed by atoms with Crippen molar-refractivity contribution in [1.82, 2.24) is 14.8 Å². The van der Waals surface area contributed by atoms with Crippen LogP contribution in [0, 0.1) is 13.8 Å². The fourth-order valence-corrected chi connectivity index (χ4v) is 3.98. The molecular weight excluding hydrogens is 318 g/mol. The molecule has 3 rings (SSSR count). The summed E-state index contributed by atoms with van der Waals surface area (Å²) in [6.07, 6.45) is 1.44. The fraction of sp³-hybridized carbons (Fsp3) is 0.474. The first kappa shape index (κ1) is 17.1. The van der Waals surface area contributed by atoms with E-state index in [4.69, 9.17) is 0 Å². The Balaban J connectivity index is 1.43. The number of rotatable bonds is 5. The van der Waals surface area contributed by atoms with E-state index in [-0.39, 0.29) is 5.91 Å². The van der Waals surface area contributed by atoms with Crippen molar-refractivity contribution in [3.63, 3.8) is 0 Å². The molecule has 128 valence electrons. The molecule has 0 bridgehead atoms. The van der Waals surface area contributed by atoms with E-state index in [9.17, 15) is 4.79 Å². The summed E-state index contributed by atoms with van der Waals surface area (Å²) in [4.78, 5) is 22.7. The summed E-state index contributed by atoms with van der Waals surface area (Å²) in [7, 11) is 0. The van der Waals surface area contributed by atoms with Crippen molar-refractivity contribution in [2.45, 2.75) is 33.2 Å². The highest BCUT2D eigenvalue weighted by atomic mass is 32.1. The third-order valence-electron chi connectivity index (χ3n) is 4.63. The van der Waals surface area contributed by atoms with Crippen molar-refractivity contribution < 1.29 is 4.79 Å². The summed E-state index contributed by atoms with van der Waals surface area (Å²) in [5.74, 6) is 0.277. The van der Waals surface area contributed by atoms with E-state index in [0.717, 1.165) is 44.8 Å². The summed E-state index contributed by atoms with van der Waals surface area (Å²) >= 11 is 1.79. The largest absolute Gasteiger partial charge is 0.340 e. The van der Waals surface area contributed by atoms with E-state index in [1.807, 2.05) is 23.1 Å². The van der Waals surface area contributed by atoms with Crippen LogP contribution < -0.4 is 0 Å². The molecule has 1 fully saturated rings. The van der Waals surface area contributed by atoms with Crippen molar-refractivity contribution in [3.8, 4) is 0 Å². The van der Waals surface area contributed by atoms with Crippen LogP contribution in [0.25, 0.3) is 0 Å². The van der Waals surface area contributed by atoms with Crippen LogP contribution in [0.2, 0.25) is 0 Å². The van der Waals surface area contributed by atoms with Crippen LogP contribution in [0.5, 0.6) is 0 Å². The first-order valence-corrected chi connectivity index (χ1v) is 9.40. The molecule has 1 aliphatic rings. The quantitative estimate of drug-likeness (QED) is 0.837. The Morgan fingerprint density at radius 1 is 1.12 bits per heavy atom. The van der Waals surface area contributed by atoms with Gasteiger partial charge in [-0.25, -0.2) is 4.98 Å². The minimum absolute atomic E-state index is 0.277. The van der Waals surface area contributed by atoms with Crippen molar-refractivity contribution in [2.24, 2.45) is 0 Å². The van der Waals surface area contributed by atoms with Gasteiger partial charge in [-0.3, -0.25) is 9.69 Å². The van der Waals surface area contributed by atoms with Gasteiger partial charge in [0.1, 0.15) is 5.01 Å². The minimum Gasteiger partial charge on any atom is -0.340 e. The van der Waals surface area contributed by atoms with Gasteiger partial charge in [0.25, 0.3) is 0 Å². The van der Waals surface area contributed by atoms with Crippen molar-refractivity contribution in [1.29, 1.82) is 0 Å². The van der Waals surface area contributed by atoms with Gasteiger partial charge in [-0.15, -0.1) is 11.3 Å². The predicted octanol–water partition coefficient (Wildman–Crippen LogP) is 3.04. The highest BCUT2D eigenvalue weighted by molar-refractivity contribution is 7.11. The standard InChI is InChI=1S/C19H25N3OS/c1-15-16(2)24-18(20-15)14-21-10-12-22(13-11-21)19(23)9-8-17-6-4-3-5-7-17/h3-7H,8-14H2,1-2H3. The molecule has 1 aromatic heterocycles. The molecule has 2 aromatic rings. The van der Waals surface area contributed by atoms with Gasteiger partial charge in [-0.1, -0.05) is 30.3 Å². The number of thiazole rings is 1. The molecule has 1 amide bonds. The predicted molar refractivity (Wildman–Crippen MR) is 98.2 cm³/mol. The van der Waals surface area contributed by atoms with Crippen LogP contribution in [0.15, 0.2) is 30.3 Å². The summed E-state index contributed by atoms with van der Waals surface area (Å²) in [5.41, 5.74) is 2.38. The maximum atomic E-state index is 12.4. The number of piperazine rings is 1. The lowest BCUT2D eigenvalue weighted by Crippen LogP contribution is -2.48. The molecule has 1 saturated heterocycles. The van der Waals surface area contributed by atoms with Crippen molar-refractivity contribution in [3.05, 3.63) is 51.5 Å². The molecule has 0 saturated carbocycles. The molecular formula is C19H25N3OS. The Morgan fingerprint density at radius 2 is 1.83 bits per heavy atom. The summed E-state index contributed by atoms with van der Waals surface area (Å²) in [5, 5.41) is 1.19. The van der Waals surface area contributed by atoms with Gasteiger partial charge in [0.05, 0.1) is 12.2 Å². The third kappa shape index (κ3) is 4.42. The van der Waals surface area contributed by atoms with Gasteiger partial charge in [-0.2, -0.15) is 0 Å². The second-order valence-corrected chi connectivity index (χ2v) is 7.68. The number of aromatic nitrogens is 1. The van der Waals surface area contributed by atoms with Gasteiger partial charge < -0.3 is 4.90 Å². The molecule has 24 heavy (non-hydrogen) atoms. The van der Waals surface area contributed by atoms with Gasteiger partial charge in [0.15, 0.2) is 0 Å². The Kier molecular flexibility index (Phi) is 5.63. The zero-order valence-electron chi connectivity index (χ0n) is 14.5. The number of carbonyl (C=O) groups excluding carboxylic acids is 1. The second-order valence-electron chi connectivity index (χ2n) is 6.39. The van der Waals surface area contributed by atoms with E-state index < -0.39 is 0 Å². The smallest absolute Gasteiger partial charge is 0.222 e. The molecule has 4 nitrogen and oxygen atoms in total. The fourth-order valence-electron chi connectivity index (χ4n) is 3.01. The van der Waals surface area contributed by atoms with Crippen LogP contribution in [0.3, 0.4) is 0 Å². The molecule has 1 aromatic carbocycles. The van der Waals surface area contributed by atoms with Gasteiger partial charge >= 0.3 is 0 Å². The van der Waals surface area contributed by atoms with Gasteiger partial charge in [-0.05, 0) is 25.8 Å². The first-order valence-electron chi connectivity index (χ1n) is 8.59. The lowest BCUT2D eigenvalue weighted by atomic mass is 10.1. The van der Waals surface area contributed by atoms with Gasteiger partial charge in [0.2, 0.25) is 5.91 Å². The monoisotopic (exact) mass is 343 g/mol. The molecule has 0 spiro atoms. The lowest BCUT2D eigenvalue weighted by Gasteiger charge is -2.34. The number of nitrogens with zero attached hydrogens (tertiary/aromatic N) is 3. The lowest BCUT2D eigenvalue weighted by molar-refractivity contribution is -0.133. The molecule has 1 aliphatic heterocycles. The van der Waals surface area contributed by atoms with Crippen molar-refractivity contribution >= 4 is 17.2 Å². The van der Waals surface area contributed by atoms with Crippen LogP contribution in [0.4, 0.5) is 0 Å². The van der Waals surface area contributed by atoms with Crippen molar-refractivity contribution in [2.75, 3.05) is 26.2 Å². The number of amides is 1. The number of hydrogen-bond donors (Lipinski definition) is 0. The summed E-state index contributed by atoms with van der Waals surface area (Å²) in [6, 6.07) is 10.2. The molecule has 0 N–H and O–H groups in total. The topological polar surface area (TPSA) is 36.4 Å². The van der Waals surface area contributed by atoms with E-state index in [1.165, 1.54) is 15.4 Å². The highest BCUT2D eigenvalue weighted by Gasteiger charge is 2.21. The Hall–Kier alpha value is -1.72. The van der Waals surface area contributed by atoms with Gasteiger partial charge in [0, 0.05) is 37.5 Å².